The Balaban J connectivity index is 1.27. The van der Waals surface area contributed by atoms with Crippen LogP contribution in [0.4, 0.5) is 8.78 Å². The van der Waals surface area contributed by atoms with Crippen molar-refractivity contribution in [3.63, 3.8) is 0 Å². The van der Waals surface area contributed by atoms with E-state index < -0.39 is 17.6 Å². The summed E-state index contributed by atoms with van der Waals surface area (Å²) in [6.07, 6.45) is 15.0. The predicted molar refractivity (Wildman–Crippen MR) is 161 cm³/mol. The van der Waals surface area contributed by atoms with Crippen LogP contribution in [-0.4, -0.2) is 17.4 Å². The van der Waals surface area contributed by atoms with Crippen molar-refractivity contribution >= 4 is 36.4 Å². The molecule has 0 saturated heterocycles. The van der Waals surface area contributed by atoms with Gasteiger partial charge in [0.05, 0.1) is 5.02 Å². The molecule has 3 aliphatic rings. The Bertz CT molecular complexity index is 1290. The zero-order chi connectivity index (χ0) is 28.4. The molecule has 0 radical (unpaired) electrons. The fourth-order valence-electron chi connectivity index (χ4n) is 7.11. The lowest BCUT2D eigenvalue weighted by Gasteiger charge is -2.40. The van der Waals surface area contributed by atoms with Gasteiger partial charge >= 0.3 is 5.97 Å². The van der Waals surface area contributed by atoms with Gasteiger partial charge in [0.25, 0.3) is 0 Å². The summed E-state index contributed by atoms with van der Waals surface area (Å²) >= 11 is 11.1. The smallest absolute Gasteiger partial charge is 0.335 e. The van der Waals surface area contributed by atoms with Gasteiger partial charge in [-0.2, -0.15) is 12.6 Å². The first-order chi connectivity index (χ1) is 19.2. The van der Waals surface area contributed by atoms with Crippen molar-refractivity contribution in [1.29, 1.82) is 5.41 Å². The number of rotatable bonds is 6. The first-order valence-corrected chi connectivity index (χ1v) is 15.5. The maximum Gasteiger partial charge on any atom is 0.335 e. The molecule has 3 fully saturated rings. The third kappa shape index (κ3) is 6.49. The van der Waals surface area contributed by atoms with E-state index in [1.54, 1.807) is 12.1 Å². The van der Waals surface area contributed by atoms with Gasteiger partial charge in [0.15, 0.2) is 11.6 Å². The zero-order valence-electron chi connectivity index (χ0n) is 23.0. The average Bonchev–Trinajstić information content (AvgIpc) is 2.95. The van der Waals surface area contributed by atoms with E-state index in [0.29, 0.717) is 39.7 Å². The van der Waals surface area contributed by atoms with Crippen LogP contribution in [0.5, 0.6) is 5.75 Å². The Labute approximate surface area is 246 Å². The van der Waals surface area contributed by atoms with Crippen LogP contribution in [0.25, 0.3) is 11.1 Å². The predicted octanol–water partition coefficient (Wildman–Crippen LogP) is 9.55. The Morgan fingerprint density at radius 3 is 2.45 bits per heavy atom. The first kappa shape index (κ1) is 29.3. The summed E-state index contributed by atoms with van der Waals surface area (Å²) in [6.45, 7) is 2.18. The number of carbonyl (C=O) groups is 1. The van der Waals surface area contributed by atoms with E-state index in [2.05, 4.69) is 19.6 Å². The number of carbonyl (C=O) groups excluding carboxylic acids is 1. The molecule has 4 unspecified atom stereocenters. The summed E-state index contributed by atoms with van der Waals surface area (Å²) in [6, 6.07) is 6.10. The van der Waals surface area contributed by atoms with E-state index in [9.17, 15) is 4.79 Å². The van der Waals surface area contributed by atoms with Crippen molar-refractivity contribution in [1.82, 2.24) is 0 Å². The van der Waals surface area contributed by atoms with Gasteiger partial charge in [-0.3, -0.25) is 0 Å². The van der Waals surface area contributed by atoms with Gasteiger partial charge < -0.3 is 10.1 Å². The summed E-state index contributed by atoms with van der Waals surface area (Å²) in [5.41, 5.74) is 0.959. The largest absolute Gasteiger partial charge is 0.422 e. The van der Waals surface area contributed by atoms with E-state index >= 15 is 8.78 Å². The minimum atomic E-state index is -0.976. The van der Waals surface area contributed by atoms with E-state index in [1.165, 1.54) is 43.9 Å². The highest BCUT2D eigenvalue weighted by molar-refractivity contribution is 7.80. The molecule has 0 spiro atoms. The number of benzene rings is 2. The molecular formula is C33H38ClF2NO2S. The van der Waals surface area contributed by atoms with Crippen LogP contribution in [-0.2, 0) is 4.79 Å². The van der Waals surface area contributed by atoms with E-state index in [4.69, 9.17) is 21.7 Å². The SMILES string of the molecule is CC1CCC(c2cc(C=N)c(-c3ccc(OC(=O)/C=C/C4CCC5CC(S)CCC5C4)c(Cl)c3)c(F)c2F)CC1. The third-order valence-corrected chi connectivity index (χ3v) is 10.2. The fourth-order valence-corrected chi connectivity index (χ4v) is 7.75. The first-order valence-electron chi connectivity index (χ1n) is 14.6. The molecule has 2 aromatic rings. The molecule has 0 aliphatic heterocycles. The van der Waals surface area contributed by atoms with Gasteiger partial charge in [-0.05, 0) is 110 Å². The molecule has 3 saturated carbocycles. The summed E-state index contributed by atoms with van der Waals surface area (Å²) < 4.78 is 36.2. The highest BCUT2D eigenvalue weighted by Crippen LogP contribution is 2.44. The summed E-state index contributed by atoms with van der Waals surface area (Å²) in [5, 5.41) is 8.53. The van der Waals surface area contributed by atoms with E-state index in [0.717, 1.165) is 50.7 Å². The maximum atomic E-state index is 15.4. The Morgan fingerprint density at radius 1 is 1.00 bits per heavy atom. The number of ether oxygens (including phenoxy) is 1. The normalized spacial score (nSPS) is 28.7. The summed E-state index contributed by atoms with van der Waals surface area (Å²) in [5.74, 6) is 0.177. The van der Waals surface area contributed by atoms with Crippen LogP contribution < -0.4 is 4.74 Å². The zero-order valence-corrected chi connectivity index (χ0v) is 24.6. The fraction of sp³-hybridized carbons (Fsp3) is 0.515. The van der Waals surface area contributed by atoms with Crippen LogP contribution in [0.15, 0.2) is 36.4 Å². The Kier molecular flexibility index (Phi) is 9.36. The molecule has 3 nitrogen and oxygen atoms in total. The highest BCUT2D eigenvalue weighted by Gasteiger charge is 2.34. The Morgan fingerprint density at radius 2 is 1.73 bits per heavy atom. The topological polar surface area (TPSA) is 50.1 Å². The lowest BCUT2D eigenvalue weighted by molar-refractivity contribution is -0.129. The van der Waals surface area contributed by atoms with Crippen LogP contribution in [0.2, 0.25) is 5.02 Å². The molecule has 3 aliphatic carbocycles. The second-order valence-corrected chi connectivity index (χ2v) is 13.3. The van der Waals surface area contributed by atoms with Crippen molar-refractivity contribution in [3.8, 4) is 16.9 Å². The van der Waals surface area contributed by atoms with E-state index in [-0.39, 0.29) is 22.3 Å². The molecule has 0 bridgehead atoms. The van der Waals surface area contributed by atoms with Crippen LogP contribution in [0.3, 0.4) is 0 Å². The number of hydrogen-bond acceptors (Lipinski definition) is 4. The molecule has 0 heterocycles. The van der Waals surface area contributed by atoms with Gasteiger partial charge in [-0.15, -0.1) is 0 Å². The standard InChI is InChI=1S/C33H38ClF2NO2S/c1-19-2-6-21(7-3-19)27-16-25(18-37)31(33(36)32(27)35)24-10-12-29(28(34)17-24)39-30(38)13-5-20-4-8-23-15-26(40)11-9-22(23)14-20/h5,10,12-13,16-23,26,37,40H,2-4,6-9,11,14-15H2,1H3/b13-5+,37-18?. The van der Waals surface area contributed by atoms with Crippen LogP contribution in [0.1, 0.15) is 88.2 Å². The Hall–Kier alpha value is -2.18. The second-order valence-electron chi connectivity index (χ2n) is 12.1. The molecule has 0 amide bonds. The molecule has 2 aromatic carbocycles. The van der Waals surface area contributed by atoms with Crippen LogP contribution >= 0.6 is 24.2 Å². The number of esters is 1. The number of fused-ring (bicyclic) bond motifs is 1. The molecule has 5 rings (SSSR count). The molecule has 1 N–H and O–H groups in total. The third-order valence-electron chi connectivity index (χ3n) is 9.44. The summed E-state index contributed by atoms with van der Waals surface area (Å²) in [7, 11) is 0. The van der Waals surface area contributed by atoms with Gasteiger partial charge in [0.2, 0.25) is 0 Å². The van der Waals surface area contributed by atoms with Crippen molar-refractivity contribution in [2.75, 3.05) is 0 Å². The second kappa shape index (κ2) is 12.8. The number of nitrogens with one attached hydrogen (secondary N) is 1. The van der Waals surface area contributed by atoms with Crippen LogP contribution in [0, 0.1) is 40.7 Å². The molecular weight excluding hydrogens is 548 g/mol. The lowest BCUT2D eigenvalue weighted by Crippen LogP contribution is -2.31. The quantitative estimate of drug-likeness (QED) is 0.117. The number of thiol groups is 1. The van der Waals surface area contributed by atoms with Crippen molar-refractivity contribution in [2.45, 2.75) is 82.3 Å². The minimum Gasteiger partial charge on any atom is -0.422 e. The molecule has 4 atom stereocenters. The monoisotopic (exact) mass is 585 g/mol. The number of hydrogen-bond donors (Lipinski definition) is 2. The molecule has 7 heteroatoms. The number of allylic oxidation sites excluding steroid dienone is 1. The molecule has 40 heavy (non-hydrogen) atoms. The molecule has 214 valence electrons. The average molecular weight is 586 g/mol. The molecule has 0 aromatic heterocycles. The highest BCUT2D eigenvalue weighted by atomic mass is 35.5. The van der Waals surface area contributed by atoms with Crippen molar-refractivity contribution < 1.29 is 18.3 Å². The van der Waals surface area contributed by atoms with Crippen molar-refractivity contribution in [3.05, 3.63) is 64.2 Å². The van der Waals surface area contributed by atoms with Gasteiger partial charge in [-0.25, -0.2) is 13.6 Å². The van der Waals surface area contributed by atoms with Gasteiger partial charge in [0, 0.05) is 28.7 Å². The minimum absolute atomic E-state index is 0.0114. The van der Waals surface area contributed by atoms with Gasteiger partial charge in [0.1, 0.15) is 5.75 Å². The number of halogens is 3. The maximum absolute atomic E-state index is 15.4. The van der Waals surface area contributed by atoms with Gasteiger partial charge in [-0.1, -0.05) is 43.5 Å². The summed E-state index contributed by atoms with van der Waals surface area (Å²) in [4.78, 5) is 12.6. The van der Waals surface area contributed by atoms with E-state index in [1.807, 2.05) is 6.08 Å². The van der Waals surface area contributed by atoms with Crippen molar-refractivity contribution in [2.24, 2.45) is 23.7 Å². The lowest BCUT2D eigenvalue weighted by atomic mass is 9.67.